The summed E-state index contributed by atoms with van der Waals surface area (Å²) in [6.07, 6.45) is 16.7. The Morgan fingerprint density at radius 1 is 0.890 bits per heavy atom. The van der Waals surface area contributed by atoms with Gasteiger partial charge < -0.3 is 50.2 Å². The maximum absolute atomic E-state index is 14.3. The van der Waals surface area contributed by atoms with Crippen molar-refractivity contribution in [2.75, 3.05) is 25.6 Å². The molecule has 0 saturated carbocycles. The van der Waals surface area contributed by atoms with Gasteiger partial charge in [0.2, 0.25) is 0 Å². The second-order valence-corrected chi connectivity index (χ2v) is 21.5. The number of aromatic nitrogens is 2. The number of carbonyl (C=O) groups is 3. The molecule has 2 aliphatic heterocycles. The Morgan fingerprint density at radius 3 is 2.25 bits per heavy atom. The van der Waals surface area contributed by atoms with Gasteiger partial charge in [-0.05, 0) is 70.3 Å². The average Bonchev–Trinajstić information content (AvgIpc) is 3.33. The van der Waals surface area contributed by atoms with E-state index in [0.717, 1.165) is 68.6 Å². The fourth-order valence-electron chi connectivity index (χ4n) is 8.09. The Bertz CT molecular complexity index is 2080. The molecule has 1 fully saturated rings. The topological polar surface area (TPSA) is 323 Å². The van der Waals surface area contributed by atoms with Crippen molar-refractivity contribution in [3.63, 3.8) is 0 Å². The van der Waals surface area contributed by atoms with Crippen LogP contribution in [0.5, 0.6) is 0 Å². The highest BCUT2D eigenvalue weighted by molar-refractivity contribution is 7.61. The zero-order chi connectivity index (χ0) is 53.7. The molecule has 0 aliphatic carbocycles. The number of nitrogen functional groups attached to an aromatic ring is 1. The number of aliphatic hydroxyl groups excluding tert-OH is 4. The number of unbranched alkanes of at least 4 members (excludes halogenated alkanes) is 10. The molecule has 1 aromatic heterocycles. The number of phosphoric acid groups is 2. The highest BCUT2D eigenvalue weighted by Gasteiger charge is 2.45. The first-order chi connectivity index (χ1) is 34.9. The van der Waals surface area contributed by atoms with Gasteiger partial charge in [-0.3, -0.25) is 28.0 Å². The van der Waals surface area contributed by atoms with Gasteiger partial charge in [0.05, 0.1) is 37.4 Å². The van der Waals surface area contributed by atoms with Gasteiger partial charge in [-0.15, -0.1) is 0 Å². The highest BCUT2D eigenvalue weighted by atomic mass is 31.3. The normalized spacial score (nSPS) is 29.2. The molecule has 3 rings (SSSR count). The van der Waals surface area contributed by atoms with E-state index in [-0.39, 0.29) is 37.9 Å². The Kier molecular flexibility index (Phi) is 30.3. The van der Waals surface area contributed by atoms with Gasteiger partial charge in [0.15, 0.2) is 6.10 Å². The molecule has 23 heteroatoms. The van der Waals surface area contributed by atoms with Crippen LogP contribution in [-0.2, 0) is 51.1 Å². The number of anilines is 1. The van der Waals surface area contributed by atoms with Gasteiger partial charge in [-0.2, -0.15) is 9.29 Å². The summed E-state index contributed by atoms with van der Waals surface area (Å²) < 4.78 is 58.7. The van der Waals surface area contributed by atoms with Crippen LogP contribution in [0.15, 0.2) is 65.7 Å². The summed E-state index contributed by atoms with van der Waals surface area (Å²) in [5, 5.41) is 45.4. The lowest BCUT2D eigenvalue weighted by Gasteiger charge is -2.38. The lowest BCUT2D eigenvalue weighted by atomic mass is 9.83. The molecule has 414 valence electrons. The number of ether oxygens (including phenoxy) is 3. The van der Waals surface area contributed by atoms with Gasteiger partial charge in [-0.1, -0.05) is 114 Å². The molecule has 2 unspecified atom stereocenters. The van der Waals surface area contributed by atoms with Crippen molar-refractivity contribution >= 4 is 39.2 Å². The Morgan fingerprint density at radius 2 is 1.55 bits per heavy atom. The number of fused-ring (bicyclic) bond motifs is 3. The minimum Gasteiger partial charge on any atom is -0.462 e. The highest BCUT2D eigenvalue weighted by Crippen LogP contribution is 2.60. The van der Waals surface area contributed by atoms with Crippen LogP contribution >= 0.6 is 15.6 Å². The summed E-state index contributed by atoms with van der Waals surface area (Å²) >= 11 is 0. The molecule has 1 aromatic rings. The summed E-state index contributed by atoms with van der Waals surface area (Å²) in [7, 11) is -11.3. The SMILES string of the molecule is CCCCC/C=C\C/C=C\CCCCCCCC(=O)OC[C@@H]1COP(=O)(O)OP(=O)(O)OC[C@H]2O[C@@H](n3ccc(N)nc3=O)[C@@H](CC=CCCCC(=O)O1)C(=O)C[C@@H](O)[C@H](/C=C/[C@@H](O)CCCCC)[C@H](O)[C@@H]2O. The molecule has 11 atom stereocenters. The molecule has 2 aliphatic rings. The van der Waals surface area contributed by atoms with E-state index in [0.29, 0.717) is 19.3 Å². The molecular formula is C50H81N3O18P2. The third kappa shape index (κ3) is 25.6. The van der Waals surface area contributed by atoms with E-state index in [1.165, 1.54) is 37.5 Å². The first kappa shape index (κ1) is 63.6. The maximum Gasteiger partial charge on any atom is 0.481 e. The number of aliphatic hydroxyl groups is 4. The first-order valence-corrected chi connectivity index (χ1v) is 28.7. The van der Waals surface area contributed by atoms with Crippen molar-refractivity contribution in [2.24, 2.45) is 11.8 Å². The molecule has 1 saturated heterocycles. The van der Waals surface area contributed by atoms with Crippen LogP contribution in [0.3, 0.4) is 0 Å². The van der Waals surface area contributed by atoms with E-state index in [2.05, 4.69) is 40.5 Å². The van der Waals surface area contributed by atoms with Gasteiger partial charge in [-0.25, -0.2) is 13.9 Å². The third-order valence-corrected chi connectivity index (χ3v) is 14.8. The van der Waals surface area contributed by atoms with Crippen molar-refractivity contribution in [3.8, 4) is 0 Å². The van der Waals surface area contributed by atoms with E-state index < -0.39 is 120 Å². The number of esters is 2. The van der Waals surface area contributed by atoms with Crippen molar-refractivity contribution in [2.45, 2.75) is 192 Å². The molecule has 0 spiro atoms. The largest absolute Gasteiger partial charge is 0.481 e. The van der Waals surface area contributed by atoms with Crippen molar-refractivity contribution < 1.29 is 81.3 Å². The minimum atomic E-state index is -5.72. The van der Waals surface area contributed by atoms with Crippen LogP contribution in [0, 0.1) is 11.8 Å². The molecule has 3 heterocycles. The van der Waals surface area contributed by atoms with Crippen LogP contribution < -0.4 is 11.4 Å². The lowest BCUT2D eigenvalue weighted by molar-refractivity contribution is -0.183. The van der Waals surface area contributed by atoms with Crippen LogP contribution in [0.25, 0.3) is 0 Å². The van der Waals surface area contributed by atoms with E-state index in [1.54, 1.807) is 12.2 Å². The molecule has 8 N–H and O–H groups in total. The summed E-state index contributed by atoms with van der Waals surface area (Å²) in [6, 6.07) is 1.21. The van der Waals surface area contributed by atoms with Crippen molar-refractivity contribution in [1.29, 1.82) is 0 Å². The van der Waals surface area contributed by atoms with Crippen LogP contribution in [-0.4, -0.2) is 114 Å². The number of nitrogens with zero attached hydrogens (tertiary/aromatic N) is 2. The van der Waals surface area contributed by atoms with E-state index >= 15 is 0 Å². The number of allylic oxidation sites excluding steroid dienone is 6. The second kappa shape index (κ2) is 34.8. The number of Topliss-reactive ketones (excluding diaryl/α,β-unsaturated/α-hetero) is 1. The van der Waals surface area contributed by atoms with Gasteiger partial charge in [0.1, 0.15) is 36.6 Å². The minimum absolute atomic E-state index is 0.0580. The maximum atomic E-state index is 14.3. The molecule has 2 bridgehead atoms. The summed E-state index contributed by atoms with van der Waals surface area (Å²) in [5.74, 6) is -5.15. The van der Waals surface area contributed by atoms with Crippen molar-refractivity contribution in [3.05, 3.63) is 71.4 Å². The first-order valence-electron chi connectivity index (χ1n) is 25.8. The zero-order valence-corrected chi connectivity index (χ0v) is 44.2. The van der Waals surface area contributed by atoms with Gasteiger partial charge in [0, 0.05) is 31.4 Å². The molecule has 73 heavy (non-hydrogen) atoms. The van der Waals surface area contributed by atoms with Crippen LogP contribution in [0.2, 0.25) is 0 Å². The van der Waals surface area contributed by atoms with Crippen molar-refractivity contribution in [1.82, 2.24) is 9.55 Å². The summed E-state index contributed by atoms with van der Waals surface area (Å²) in [4.78, 5) is 78.2. The summed E-state index contributed by atoms with van der Waals surface area (Å²) in [5.41, 5.74) is 4.71. The molecule has 0 amide bonds. The Labute approximate surface area is 429 Å². The predicted octanol–water partition coefficient (Wildman–Crippen LogP) is 7.14. The Balaban J connectivity index is 1.79. The number of cyclic esters (lactones) is 1. The number of carbonyl (C=O) groups excluding carboxylic acids is 3. The predicted molar refractivity (Wildman–Crippen MR) is 271 cm³/mol. The van der Waals surface area contributed by atoms with E-state index in [4.69, 9.17) is 29.0 Å². The number of nitrogens with two attached hydrogens (primary N) is 1. The van der Waals surface area contributed by atoms with Gasteiger partial charge in [0.25, 0.3) is 0 Å². The number of phosphoric ester groups is 2. The number of rotatable bonds is 23. The zero-order valence-electron chi connectivity index (χ0n) is 42.4. The molecular weight excluding hydrogens is 993 g/mol. The molecule has 0 aromatic carbocycles. The second-order valence-electron chi connectivity index (χ2n) is 18.4. The average molecular weight is 1070 g/mol. The fraction of sp³-hybridized carbons (Fsp3) is 0.700. The standard InChI is InChI=1S/C50H81N3O18P2/c1-3-5-7-8-9-10-11-12-13-14-15-16-17-18-23-27-45(57)66-34-38-35-67-72(62,63)71-73(64,65)68-36-43-48(60)47(59)39(30-29-37(54)25-21-6-4-2)41(55)33-42(56)40(26-22-19-20-24-28-46(58)69-38)49(70-43)53-32-31-44(51)52-50(53)61/h9-10,12-13,19,22,29-32,37-41,43,47-49,54-55,59-60H,3-8,11,14-18,20-21,23-28,33-36H2,1-2H3,(H,62,63)(H,64,65)(H2,51,52,61)/b10-9-,13-12-,22-19?,30-29+/t37-,38+,39-,40-,41+,43+,47-,48+,49+/m0/s1. The molecule has 0 radical (unpaired) electrons. The summed E-state index contributed by atoms with van der Waals surface area (Å²) in [6.45, 7) is 1.40. The van der Waals surface area contributed by atoms with Crippen LogP contribution in [0.4, 0.5) is 5.82 Å². The van der Waals surface area contributed by atoms with E-state index in [9.17, 15) is 58.5 Å². The fourth-order valence-corrected chi connectivity index (χ4v) is 10.2. The number of hydrogen-bond donors (Lipinski definition) is 7. The monoisotopic (exact) mass is 1070 g/mol. The van der Waals surface area contributed by atoms with Gasteiger partial charge >= 0.3 is 33.3 Å². The Hall–Kier alpha value is -3.69. The van der Waals surface area contributed by atoms with E-state index in [1.807, 2.05) is 6.92 Å². The third-order valence-electron chi connectivity index (χ3n) is 12.2. The quantitative estimate of drug-likeness (QED) is 0.0248. The number of ketones is 1. The molecule has 21 nitrogen and oxygen atoms in total. The number of hydrogen-bond acceptors (Lipinski definition) is 18. The van der Waals surface area contributed by atoms with Crippen LogP contribution in [0.1, 0.15) is 155 Å². The lowest BCUT2D eigenvalue weighted by Crippen LogP contribution is -2.51. The smallest absolute Gasteiger partial charge is 0.462 e.